The summed E-state index contributed by atoms with van der Waals surface area (Å²) in [7, 11) is 0. The number of urea groups is 1. The third-order valence-electron chi connectivity index (χ3n) is 1.38. The molecule has 8 heteroatoms. The Balaban J connectivity index is 3.11. The topological polar surface area (TPSA) is 80.9 Å². The molecule has 1 heterocycles. The predicted octanol–water partition coefficient (Wildman–Crippen LogP) is 1.29. The summed E-state index contributed by atoms with van der Waals surface area (Å²) in [6, 6.07) is -0.250. The Kier molecular flexibility index (Phi) is 2.78. The molecule has 0 radical (unpaired) electrons. The fourth-order valence-corrected chi connectivity index (χ4v) is 0.880. The van der Waals surface area contributed by atoms with Gasteiger partial charge in [-0.3, -0.25) is 5.32 Å². The van der Waals surface area contributed by atoms with Crippen molar-refractivity contribution in [3.05, 3.63) is 17.5 Å². The molecule has 0 saturated heterocycles. The van der Waals surface area contributed by atoms with E-state index < -0.39 is 23.8 Å². The second-order valence-electron chi connectivity index (χ2n) is 2.71. The van der Waals surface area contributed by atoms with E-state index in [9.17, 15) is 18.0 Å². The van der Waals surface area contributed by atoms with E-state index in [-0.39, 0.29) is 5.69 Å². The third kappa shape index (κ3) is 3.08. The van der Waals surface area contributed by atoms with Crippen LogP contribution in [0.3, 0.4) is 0 Å². The smallest absolute Gasteiger partial charge is 0.351 e. The first-order valence-electron chi connectivity index (χ1n) is 3.78. The molecule has 0 fully saturated rings. The second-order valence-corrected chi connectivity index (χ2v) is 2.71. The van der Waals surface area contributed by atoms with E-state index in [1.807, 2.05) is 5.32 Å². The number of carbonyl (C=O) groups is 1. The zero-order valence-corrected chi connectivity index (χ0v) is 7.59. The molecule has 0 aliphatic heterocycles. The van der Waals surface area contributed by atoms with Crippen molar-refractivity contribution in [1.29, 1.82) is 0 Å². The fourth-order valence-electron chi connectivity index (χ4n) is 0.880. The molecule has 0 aliphatic rings. The summed E-state index contributed by atoms with van der Waals surface area (Å²) in [6.07, 6.45) is -4.58. The number of amides is 2. The maximum absolute atomic E-state index is 12.3. The first kappa shape index (κ1) is 11.2. The normalized spacial score (nSPS) is 11.2. The molecule has 0 unspecified atom stereocenters. The van der Waals surface area contributed by atoms with Crippen LogP contribution in [-0.4, -0.2) is 16.0 Å². The van der Waals surface area contributed by atoms with Gasteiger partial charge in [-0.2, -0.15) is 13.2 Å². The molecule has 15 heavy (non-hydrogen) atoms. The highest BCUT2D eigenvalue weighted by atomic mass is 19.4. The summed E-state index contributed by atoms with van der Waals surface area (Å²) in [6.45, 7) is 1.35. The first-order valence-corrected chi connectivity index (χ1v) is 3.78. The molecule has 0 aromatic carbocycles. The molecule has 0 spiro atoms. The number of alkyl halides is 3. The van der Waals surface area contributed by atoms with E-state index in [0.717, 1.165) is 6.07 Å². The molecule has 0 atom stereocenters. The average Bonchev–Trinajstić information content (AvgIpc) is 1.99. The molecule has 2 amide bonds. The molecule has 1 aromatic rings. The summed E-state index contributed by atoms with van der Waals surface area (Å²) in [5.74, 6) is -0.463. The van der Waals surface area contributed by atoms with Crippen LogP contribution >= 0.6 is 0 Å². The molecule has 1 rings (SSSR count). The largest absolute Gasteiger partial charge is 0.433 e. The minimum atomic E-state index is -4.58. The van der Waals surface area contributed by atoms with Crippen LogP contribution in [-0.2, 0) is 6.18 Å². The van der Waals surface area contributed by atoms with Crippen molar-refractivity contribution >= 4 is 12.0 Å². The lowest BCUT2D eigenvalue weighted by Gasteiger charge is -2.08. The standard InChI is InChI=1S/C7H7F3N4O/c1-3-2-4(7(8,9)10)13-6(12-3)14-5(11)15/h2H,1H3,(H3,11,12,13,14,15). The van der Waals surface area contributed by atoms with Crippen molar-refractivity contribution in [2.45, 2.75) is 13.1 Å². The Morgan fingerprint density at radius 3 is 2.53 bits per heavy atom. The number of nitrogens with one attached hydrogen (secondary N) is 1. The summed E-state index contributed by atoms with van der Waals surface area (Å²) in [5.41, 5.74) is 3.68. The number of rotatable bonds is 1. The predicted molar refractivity (Wildman–Crippen MR) is 45.0 cm³/mol. The maximum Gasteiger partial charge on any atom is 0.433 e. The number of hydrogen-bond acceptors (Lipinski definition) is 3. The lowest BCUT2D eigenvalue weighted by atomic mass is 10.3. The quantitative estimate of drug-likeness (QED) is 0.748. The van der Waals surface area contributed by atoms with Crippen LogP contribution in [0.15, 0.2) is 6.07 Å². The van der Waals surface area contributed by atoms with Gasteiger partial charge in [0.2, 0.25) is 5.95 Å². The molecule has 82 valence electrons. The monoisotopic (exact) mass is 220 g/mol. The Bertz CT molecular complexity index is 390. The van der Waals surface area contributed by atoms with Crippen LogP contribution in [0.4, 0.5) is 23.9 Å². The van der Waals surface area contributed by atoms with Crippen molar-refractivity contribution in [3.8, 4) is 0 Å². The van der Waals surface area contributed by atoms with Gasteiger partial charge in [0.1, 0.15) is 5.69 Å². The van der Waals surface area contributed by atoms with Crippen LogP contribution < -0.4 is 11.1 Å². The number of hydrogen-bond donors (Lipinski definition) is 2. The number of halogens is 3. The molecule has 1 aromatic heterocycles. The maximum atomic E-state index is 12.3. The van der Waals surface area contributed by atoms with Gasteiger partial charge in [-0.15, -0.1) is 0 Å². The SMILES string of the molecule is Cc1cc(C(F)(F)F)nc(NC(N)=O)n1. The molecule has 3 N–H and O–H groups in total. The van der Waals surface area contributed by atoms with Gasteiger partial charge in [0.25, 0.3) is 0 Å². The highest BCUT2D eigenvalue weighted by Gasteiger charge is 2.33. The molecular formula is C7H7F3N4O. The Labute approximate surface area is 82.5 Å². The van der Waals surface area contributed by atoms with E-state index in [0.29, 0.717) is 0 Å². The van der Waals surface area contributed by atoms with Crippen molar-refractivity contribution in [2.75, 3.05) is 5.32 Å². The van der Waals surface area contributed by atoms with Crippen molar-refractivity contribution in [2.24, 2.45) is 5.73 Å². The molecule has 0 aliphatic carbocycles. The van der Waals surface area contributed by atoms with Gasteiger partial charge in [0.15, 0.2) is 0 Å². The number of aryl methyl sites for hydroxylation is 1. The fraction of sp³-hybridized carbons (Fsp3) is 0.286. The average molecular weight is 220 g/mol. The van der Waals surface area contributed by atoms with Gasteiger partial charge in [-0.25, -0.2) is 14.8 Å². The minimum Gasteiger partial charge on any atom is -0.351 e. The lowest BCUT2D eigenvalue weighted by molar-refractivity contribution is -0.141. The number of anilines is 1. The van der Waals surface area contributed by atoms with Gasteiger partial charge in [0.05, 0.1) is 0 Å². The number of nitrogens with zero attached hydrogens (tertiary/aromatic N) is 2. The van der Waals surface area contributed by atoms with Crippen LogP contribution in [0.5, 0.6) is 0 Å². The summed E-state index contributed by atoms with van der Waals surface area (Å²) in [5, 5.41) is 1.87. The highest BCUT2D eigenvalue weighted by molar-refractivity contribution is 5.85. The van der Waals surface area contributed by atoms with Crippen molar-refractivity contribution in [1.82, 2.24) is 9.97 Å². The van der Waals surface area contributed by atoms with Crippen LogP contribution in [0.25, 0.3) is 0 Å². The molecular weight excluding hydrogens is 213 g/mol. The van der Waals surface area contributed by atoms with Gasteiger partial charge in [-0.05, 0) is 13.0 Å². The highest BCUT2D eigenvalue weighted by Crippen LogP contribution is 2.28. The Morgan fingerprint density at radius 1 is 1.47 bits per heavy atom. The van der Waals surface area contributed by atoms with E-state index >= 15 is 0 Å². The van der Waals surface area contributed by atoms with E-state index in [1.54, 1.807) is 0 Å². The van der Waals surface area contributed by atoms with Crippen LogP contribution in [0, 0.1) is 6.92 Å². The summed E-state index contributed by atoms with van der Waals surface area (Å²) >= 11 is 0. The number of nitrogens with two attached hydrogens (primary N) is 1. The third-order valence-corrected chi connectivity index (χ3v) is 1.38. The van der Waals surface area contributed by atoms with Crippen LogP contribution in [0.1, 0.15) is 11.4 Å². The first-order chi connectivity index (χ1) is 6.79. The Morgan fingerprint density at radius 2 is 2.07 bits per heavy atom. The number of carbonyl (C=O) groups excluding carboxylic acids is 1. The van der Waals surface area contributed by atoms with E-state index in [1.165, 1.54) is 6.92 Å². The number of primary amides is 1. The van der Waals surface area contributed by atoms with E-state index in [4.69, 9.17) is 5.73 Å². The van der Waals surface area contributed by atoms with E-state index in [2.05, 4.69) is 9.97 Å². The molecule has 0 saturated carbocycles. The lowest BCUT2D eigenvalue weighted by Crippen LogP contribution is -2.22. The van der Waals surface area contributed by atoms with Crippen molar-refractivity contribution in [3.63, 3.8) is 0 Å². The zero-order chi connectivity index (χ0) is 11.6. The van der Waals surface area contributed by atoms with Gasteiger partial charge in [0, 0.05) is 5.69 Å². The Hall–Kier alpha value is -1.86. The van der Waals surface area contributed by atoms with Gasteiger partial charge in [-0.1, -0.05) is 0 Å². The summed E-state index contributed by atoms with van der Waals surface area (Å²) < 4.78 is 36.8. The van der Waals surface area contributed by atoms with Gasteiger partial charge >= 0.3 is 12.2 Å². The summed E-state index contributed by atoms with van der Waals surface area (Å²) in [4.78, 5) is 17.1. The second kappa shape index (κ2) is 3.71. The minimum absolute atomic E-state index is 0.0843. The zero-order valence-electron chi connectivity index (χ0n) is 7.59. The molecule has 0 bridgehead atoms. The van der Waals surface area contributed by atoms with Gasteiger partial charge < -0.3 is 5.73 Å². The molecule has 5 nitrogen and oxygen atoms in total. The van der Waals surface area contributed by atoms with Crippen molar-refractivity contribution < 1.29 is 18.0 Å². The number of aromatic nitrogens is 2. The van der Waals surface area contributed by atoms with Crippen LogP contribution in [0.2, 0.25) is 0 Å².